The summed E-state index contributed by atoms with van der Waals surface area (Å²) >= 11 is 0. The summed E-state index contributed by atoms with van der Waals surface area (Å²) in [5, 5.41) is 4.42. The number of aromatic nitrogens is 3. The number of nitrogens with one attached hydrogen (secondary N) is 1. The Morgan fingerprint density at radius 1 is 1.08 bits per heavy atom. The number of hydrogen-bond donors (Lipinski definition) is 1. The largest absolute Gasteiger partial charge is 0.496 e. The van der Waals surface area contributed by atoms with E-state index in [4.69, 9.17) is 14.7 Å². The van der Waals surface area contributed by atoms with Gasteiger partial charge in [0, 0.05) is 73.7 Å². The van der Waals surface area contributed by atoms with Gasteiger partial charge in [-0.05, 0) is 24.5 Å². The molecule has 3 aromatic rings. The van der Waals surface area contributed by atoms with Crippen molar-refractivity contribution in [2.75, 3.05) is 56.3 Å². The van der Waals surface area contributed by atoms with Crippen LogP contribution in [-0.4, -0.2) is 73.8 Å². The molecule has 0 amide bonds. The molecule has 0 saturated carbocycles. The van der Waals surface area contributed by atoms with Crippen molar-refractivity contribution in [2.45, 2.75) is 34.1 Å². The van der Waals surface area contributed by atoms with E-state index in [-0.39, 0.29) is 5.41 Å². The Balaban J connectivity index is 1.56. The number of aryl methyl sites for hydroxylation is 1. The van der Waals surface area contributed by atoms with Crippen LogP contribution in [0.3, 0.4) is 0 Å². The van der Waals surface area contributed by atoms with Gasteiger partial charge in [-0.15, -0.1) is 0 Å². The van der Waals surface area contributed by atoms with Crippen molar-refractivity contribution in [3.05, 3.63) is 47.5 Å². The second kappa shape index (κ2) is 10.2. The number of methoxy groups -OCH3 is 1. The van der Waals surface area contributed by atoms with E-state index in [1.165, 1.54) is 10.6 Å². The molecule has 9 nitrogen and oxygen atoms in total. The van der Waals surface area contributed by atoms with Gasteiger partial charge in [0.2, 0.25) is 10.0 Å². The molecule has 0 radical (unpaired) electrons. The number of rotatable bonds is 7. The van der Waals surface area contributed by atoms with Gasteiger partial charge in [-0.3, -0.25) is 0 Å². The van der Waals surface area contributed by atoms with Gasteiger partial charge in [0.1, 0.15) is 17.1 Å². The van der Waals surface area contributed by atoms with Crippen molar-refractivity contribution in [1.29, 1.82) is 0 Å². The molecular weight excluding hydrogens is 476 g/mol. The van der Waals surface area contributed by atoms with Gasteiger partial charge in [0.25, 0.3) is 0 Å². The number of piperazine rings is 1. The Labute approximate surface area is 214 Å². The maximum absolute atomic E-state index is 11.8. The molecule has 10 heteroatoms. The Bertz CT molecular complexity index is 1350. The summed E-state index contributed by atoms with van der Waals surface area (Å²) in [5.41, 5.74) is 3.84. The highest BCUT2D eigenvalue weighted by Crippen LogP contribution is 2.29. The van der Waals surface area contributed by atoms with E-state index in [1.54, 1.807) is 7.11 Å². The second-order valence-corrected chi connectivity index (χ2v) is 12.6. The molecular formula is C26H36N6O3S. The highest BCUT2D eigenvalue weighted by atomic mass is 32.2. The first-order chi connectivity index (χ1) is 16.9. The van der Waals surface area contributed by atoms with E-state index in [2.05, 4.69) is 42.0 Å². The van der Waals surface area contributed by atoms with Crippen LogP contribution < -0.4 is 15.0 Å². The van der Waals surface area contributed by atoms with Crippen molar-refractivity contribution in [2.24, 2.45) is 5.41 Å². The zero-order chi connectivity index (χ0) is 26.1. The number of ether oxygens (including phenoxy) is 1. The predicted octanol–water partition coefficient (Wildman–Crippen LogP) is 3.47. The van der Waals surface area contributed by atoms with Crippen LogP contribution in [0.1, 0.15) is 37.9 Å². The first-order valence-corrected chi connectivity index (χ1v) is 14.0. The molecule has 0 aliphatic carbocycles. The number of nitrogens with zero attached hydrogens (tertiary/aromatic N) is 5. The Hall–Kier alpha value is -2.98. The SMILES string of the molecule is COc1cc(N2CCN(S(C)(=O)=O)CC2)ccc1Cc1ncc2cc(C)nc(NCC(C)(C)C)c2n1. The third-order valence-electron chi connectivity index (χ3n) is 6.22. The molecule has 2 aromatic heterocycles. The fourth-order valence-corrected chi connectivity index (χ4v) is 5.12. The summed E-state index contributed by atoms with van der Waals surface area (Å²) < 4.78 is 30.9. The molecule has 1 aromatic carbocycles. The molecule has 1 aliphatic rings. The first kappa shape index (κ1) is 26.1. The number of pyridine rings is 1. The van der Waals surface area contributed by atoms with Crippen LogP contribution in [0, 0.1) is 12.3 Å². The van der Waals surface area contributed by atoms with Gasteiger partial charge in [-0.2, -0.15) is 4.31 Å². The Kier molecular flexibility index (Phi) is 7.38. The molecule has 1 saturated heterocycles. The van der Waals surface area contributed by atoms with E-state index >= 15 is 0 Å². The molecule has 0 spiro atoms. The standard InChI is InChI=1S/C26H36N6O3S/c1-18-13-20-16-27-23(30-24(20)25(29-18)28-17-26(2,3)4)14-19-7-8-21(15-22(19)35-5)31-9-11-32(12-10-31)36(6,33)34/h7-8,13,15-16H,9-12,14,17H2,1-6H3,(H,28,29). The van der Waals surface area contributed by atoms with Crippen LogP contribution >= 0.6 is 0 Å². The van der Waals surface area contributed by atoms with E-state index in [0.29, 0.717) is 38.4 Å². The highest BCUT2D eigenvalue weighted by molar-refractivity contribution is 7.88. The highest BCUT2D eigenvalue weighted by Gasteiger charge is 2.24. The normalized spacial score (nSPS) is 15.3. The zero-order valence-corrected chi connectivity index (χ0v) is 22.8. The third kappa shape index (κ3) is 6.22. The van der Waals surface area contributed by atoms with Crippen LogP contribution in [-0.2, 0) is 16.4 Å². The van der Waals surface area contributed by atoms with E-state index < -0.39 is 10.0 Å². The molecule has 1 aliphatic heterocycles. The van der Waals surface area contributed by atoms with Gasteiger partial charge in [0.15, 0.2) is 5.82 Å². The Morgan fingerprint density at radius 3 is 2.44 bits per heavy atom. The van der Waals surface area contributed by atoms with Gasteiger partial charge < -0.3 is 15.0 Å². The molecule has 1 N–H and O–H groups in total. The number of sulfonamides is 1. The molecule has 4 rings (SSSR count). The van der Waals surface area contributed by atoms with Crippen molar-refractivity contribution >= 4 is 32.4 Å². The average molecular weight is 513 g/mol. The molecule has 3 heterocycles. The topological polar surface area (TPSA) is 101 Å². The Morgan fingerprint density at radius 2 is 1.81 bits per heavy atom. The second-order valence-electron chi connectivity index (χ2n) is 10.6. The molecule has 0 unspecified atom stereocenters. The lowest BCUT2D eigenvalue weighted by atomic mass is 9.97. The van der Waals surface area contributed by atoms with Gasteiger partial charge in [-0.25, -0.2) is 23.4 Å². The lowest BCUT2D eigenvalue weighted by Gasteiger charge is -2.35. The lowest BCUT2D eigenvalue weighted by Crippen LogP contribution is -2.48. The summed E-state index contributed by atoms with van der Waals surface area (Å²) in [6.45, 7) is 11.5. The summed E-state index contributed by atoms with van der Waals surface area (Å²) in [5.74, 6) is 2.23. The van der Waals surface area contributed by atoms with E-state index in [0.717, 1.165) is 46.0 Å². The first-order valence-electron chi connectivity index (χ1n) is 12.2. The van der Waals surface area contributed by atoms with Crippen molar-refractivity contribution in [3.8, 4) is 5.75 Å². The lowest BCUT2D eigenvalue weighted by molar-refractivity contribution is 0.387. The number of anilines is 2. The minimum absolute atomic E-state index is 0.111. The average Bonchev–Trinajstić information content (AvgIpc) is 2.82. The fraction of sp³-hybridized carbons (Fsp3) is 0.500. The fourth-order valence-electron chi connectivity index (χ4n) is 4.29. The monoisotopic (exact) mass is 512 g/mol. The van der Waals surface area contributed by atoms with Crippen LogP contribution in [0.2, 0.25) is 0 Å². The number of hydrogen-bond acceptors (Lipinski definition) is 8. The summed E-state index contributed by atoms with van der Waals surface area (Å²) in [6.07, 6.45) is 3.64. The van der Waals surface area contributed by atoms with Gasteiger partial charge in [-0.1, -0.05) is 26.8 Å². The van der Waals surface area contributed by atoms with E-state index in [9.17, 15) is 8.42 Å². The smallest absolute Gasteiger partial charge is 0.211 e. The minimum atomic E-state index is -3.16. The van der Waals surface area contributed by atoms with Crippen molar-refractivity contribution < 1.29 is 13.2 Å². The summed E-state index contributed by atoms with van der Waals surface area (Å²) in [4.78, 5) is 16.4. The number of fused-ring (bicyclic) bond motifs is 1. The van der Waals surface area contributed by atoms with Crippen LogP contribution in [0.5, 0.6) is 5.75 Å². The zero-order valence-electron chi connectivity index (χ0n) is 22.0. The van der Waals surface area contributed by atoms with Crippen LogP contribution in [0.15, 0.2) is 30.5 Å². The van der Waals surface area contributed by atoms with Crippen molar-refractivity contribution in [1.82, 2.24) is 19.3 Å². The molecule has 0 bridgehead atoms. The van der Waals surface area contributed by atoms with Crippen LogP contribution in [0.25, 0.3) is 10.9 Å². The van der Waals surface area contributed by atoms with Gasteiger partial charge >= 0.3 is 0 Å². The van der Waals surface area contributed by atoms with Crippen LogP contribution in [0.4, 0.5) is 11.5 Å². The third-order valence-corrected chi connectivity index (χ3v) is 7.53. The number of benzene rings is 1. The predicted molar refractivity (Wildman–Crippen MR) is 144 cm³/mol. The molecule has 1 fully saturated rings. The van der Waals surface area contributed by atoms with Crippen molar-refractivity contribution in [3.63, 3.8) is 0 Å². The quantitative estimate of drug-likeness (QED) is 0.514. The minimum Gasteiger partial charge on any atom is -0.496 e. The van der Waals surface area contributed by atoms with Gasteiger partial charge in [0.05, 0.1) is 13.4 Å². The summed E-state index contributed by atoms with van der Waals surface area (Å²) in [7, 11) is -1.50. The molecule has 36 heavy (non-hydrogen) atoms. The van der Waals surface area contributed by atoms with E-state index in [1.807, 2.05) is 31.3 Å². The summed E-state index contributed by atoms with van der Waals surface area (Å²) in [6, 6.07) is 8.10. The maximum Gasteiger partial charge on any atom is 0.211 e. The molecule has 0 atom stereocenters. The molecule has 194 valence electrons. The maximum atomic E-state index is 11.8.